The largest absolute Gasteiger partial charge is 0.495 e. The minimum Gasteiger partial charge on any atom is -0.495 e. The summed E-state index contributed by atoms with van der Waals surface area (Å²) < 4.78 is 5.34. The van der Waals surface area contributed by atoms with Crippen LogP contribution in [0.15, 0.2) is 65.8 Å². The molecule has 2 aromatic carbocycles. The molecule has 1 aromatic heterocycles. The average Bonchev–Trinajstić information content (AvgIpc) is 2.87. The summed E-state index contributed by atoms with van der Waals surface area (Å²) >= 11 is 1.84. The van der Waals surface area contributed by atoms with Crippen molar-refractivity contribution in [3.63, 3.8) is 0 Å². The fourth-order valence-corrected chi connectivity index (χ4v) is 5.61. The number of aromatic nitrogens is 1. The summed E-state index contributed by atoms with van der Waals surface area (Å²) in [6.07, 6.45) is 3.31. The molecule has 1 saturated heterocycles. The van der Waals surface area contributed by atoms with Gasteiger partial charge >= 0.3 is 0 Å². The Bertz CT molecular complexity index is 1180. The van der Waals surface area contributed by atoms with Crippen molar-refractivity contribution in [3.05, 3.63) is 72.1 Å². The lowest BCUT2D eigenvalue weighted by molar-refractivity contribution is 0.0949. The van der Waals surface area contributed by atoms with Crippen LogP contribution in [-0.2, 0) is 6.54 Å². The second-order valence-corrected chi connectivity index (χ2v) is 10.1. The van der Waals surface area contributed by atoms with Crippen molar-refractivity contribution < 1.29 is 9.84 Å². The lowest BCUT2D eigenvalue weighted by Gasteiger charge is -2.34. The number of piperidine rings is 1. The summed E-state index contributed by atoms with van der Waals surface area (Å²) in [5, 5.41) is 19.1. The highest BCUT2D eigenvalue weighted by Gasteiger charge is 2.22. The van der Waals surface area contributed by atoms with E-state index in [2.05, 4.69) is 45.3 Å². The summed E-state index contributed by atoms with van der Waals surface area (Å²) in [5.74, 6) is 1.64. The van der Waals surface area contributed by atoms with Gasteiger partial charge < -0.3 is 25.4 Å². The monoisotopic (exact) mass is 476 g/mol. The molecule has 0 bridgehead atoms. The third-order valence-electron chi connectivity index (χ3n) is 6.70. The number of nitrogens with zero attached hydrogens (tertiary/aromatic N) is 2. The number of hydrogen-bond acceptors (Lipinski definition) is 7. The number of nitrogens with one attached hydrogen (secondary N) is 2. The van der Waals surface area contributed by atoms with Crippen molar-refractivity contribution in [2.75, 3.05) is 37.8 Å². The molecule has 34 heavy (non-hydrogen) atoms. The number of ether oxygens (including phenoxy) is 1. The number of thioether (sulfide) groups is 1. The smallest absolute Gasteiger partial charge is 0.137 e. The number of aliphatic hydroxyl groups excluding tert-OH is 1. The third kappa shape index (κ3) is 5.23. The number of rotatable bonds is 7. The number of β-amino-alcohol motifs (C(OH)–C–C–N with tert-alkyl or cyclic N) is 1. The Morgan fingerprint density at radius 1 is 1.26 bits per heavy atom. The van der Waals surface area contributed by atoms with Gasteiger partial charge in [-0.2, -0.15) is 0 Å². The zero-order valence-corrected chi connectivity index (χ0v) is 20.4. The highest BCUT2D eigenvalue weighted by molar-refractivity contribution is 7.99. The highest BCUT2D eigenvalue weighted by atomic mass is 32.2. The summed E-state index contributed by atoms with van der Waals surface area (Å²) in [4.78, 5) is 8.11. The topological polar surface area (TPSA) is 69.7 Å². The molecular weight excluding hydrogens is 444 g/mol. The minimum absolute atomic E-state index is 0.493. The van der Waals surface area contributed by atoms with Crippen LogP contribution in [0.5, 0.6) is 5.75 Å². The summed E-state index contributed by atoms with van der Waals surface area (Å²) in [5.41, 5.74) is 5.31. The van der Waals surface area contributed by atoms with Gasteiger partial charge in [0.15, 0.2) is 0 Å². The Hall–Kier alpha value is -2.58. The molecule has 1 unspecified atom stereocenters. The van der Waals surface area contributed by atoms with Crippen LogP contribution >= 0.6 is 11.8 Å². The van der Waals surface area contributed by atoms with Crippen LogP contribution in [0, 0.1) is 0 Å². The van der Waals surface area contributed by atoms with Gasteiger partial charge in [-0.15, -0.1) is 11.8 Å². The van der Waals surface area contributed by atoms with Crippen LogP contribution in [0.25, 0.3) is 10.9 Å². The van der Waals surface area contributed by atoms with Crippen LogP contribution in [0.4, 0.5) is 5.69 Å². The molecule has 0 radical (unpaired) electrons. The van der Waals surface area contributed by atoms with Crippen molar-refractivity contribution in [1.29, 1.82) is 0 Å². The van der Waals surface area contributed by atoms with E-state index in [1.165, 1.54) is 16.1 Å². The number of pyridine rings is 1. The third-order valence-corrected chi connectivity index (χ3v) is 7.86. The fourth-order valence-electron chi connectivity index (χ4n) is 4.78. The molecule has 6 nitrogen and oxygen atoms in total. The molecule has 3 aromatic rings. The zero-order valence-electron chi connectivity index (χ0n) is 19.6. The van der Waals surface area contributed by atoms with Crippen molar-refractivity contribution in [1.82, 2.24) is 15.2 Å². The van der Waals surface area contributed by atoms with E-state index >= 15 is 0 Å². The van der Waals surface area contributed by atoms with E-state index in [-0.39, 0.29) is 0 Å². The molecule has 5 rings (SSSR count). The van der Waals surface area contributed by atoms with E-state index in [1.54, 1.807) is 13.3 Å². The first-order valence-electron chi connectivity index (χ1n) is 11.9. The maximum atomic E-state index is 11.0. The molecule has 2 aliphatic heterocycles. The molecule has 178 valence electrons. The van der Waals surface area contributed by atoms with Gasteiger partial charge in [0.2, 0.25) is 0 Å². The molecule has 0 spiro atoms. The number of fused-ring (bicyclic) bond motifs is 2. The van der Waals surface area contributed by atoms with Gasteiger partial charge in [-0.1, -0.05) is 24.8 Å². The lowest BCUT2D eigenvalue weighted by atomic mass is 10.0. The number of hydrogen-bond donors (Lipinski definition) is 3. The molecule has 1 atom stereocenters. The van der Waals surface area contributed by atoms with Crippen LogP contribution < -0.4 is 15.4 Å². The molecule has 0 saturated carbocycles. The Morgan fingerprint density at radius 3 is 2.94 bits per heavy atom. The molecule has 0 amide bonds. The Labute approximate surface area is 205 Å². The second-order valence-electron chi connectivity index (χ2n) is 9.11. The van der Waals surface area contributed by atoms with E-state index in [9.17, 15) is 5.11 Å². The van der Waals surface area contributed by atoms with Gasteiger partial charge in [0.05, 0.1) is 30.6 Å². The Morgan fingerprint density at radius 2 is 2.12 bits per heavy atom. The van der Waals surface area contributed by atoms with Gasteiger partial charge in [-0.25, -0.2) is 0 Å². The van der Waals surface area contributed by atoms with E-state index < -0.39 is 6.10 Å². The number of likely N-dealkylation sites (tertiary alicyclic amines) is 1. The maximum Gasteiger partial charge on any atom is 0.137 e. The second kappa shape index (κ2) is 10.4. The number of methoxy groups -OCH3 is 1. The number of benzene rings is 2. The van der Waals surface area contributed by atoms with Gasteiger partial charge in [0.1, 0.15) is 5.75 Å². The molecule has 0 aliphatic carbocycles. The van der Waals surface area contributed by atoms with Gasteiger partial charge in [-0.3, -0.25) is 4.98 Å². The predicted molar refractivity (Wildman–Crippen MR) is 139 cm³/mol. The fraction of sp³-hybridized carbons (Fsp3) is 0.370. The Balaban J connectivity index is 1.14. The number of aliphatic hydroxyl groups is 1. The highest BCUT2D eigenvalue weighted by Crippen LogP contribution is 2.34. The summed E-state index contributed by atoms with van der Waals surface area (Å²) in [6.45, 7) is 7.50. The van der Waals surface area contributed by atoms with Crippen LogP contribution in [0.1, 0.15) is 30.1 Å². The lowest BCUT2D eigenvalue weighted by Crippen LogP contribution is -2.43. The molecule has 1 fully saturated rings. The quantitative estimate of drug-likeness (QED) is 0.462. The first-order chi connectivity index (χ1) is 16.6. The van der Waals surface area contributed by atoms with Crippen LogP contribution in [-0.4, -0.2) is 53.5 Å². The first-order valence-corrected chi connectivity index (χ1v) is 12.8. The van der Waals surface area contributed by atoms with E-state index in [4.69, 9.17) is 4.74 Å². The van der Waals surface area contributed by atoms with Crippen LogP contribution in [0.3, 0.4) is 0 Å². The maximum absolute atomic E-state index is 11.0. The van der Waals surface area contributed by atoms with Crippen molar-refractivity contribution >= 4 is 28.4 Å². The van der Waals surface area contributed by atoms with Crippen molar-refractivity contribution in [3.8, 4) is 5.75 Å². The van der Waals surface area contributed by atoms with Gasteiger partial charge in [-0.05, 0) is 61.3 Å². The van der Waals surface area contributed by atoms with Crippen LogP contribution in [0.2, 0.25) is 0 Å². The zero-order chi connectivity index (χ0) is 23.5. The molecule has 3 N–H and O–H groups in total. The SMILES string of the molecule is C=C1CSc2ccc(CNC3CCN(CC(O)c4cccc5ncc(OC)cc45)CC3)cc2N1. The van der Waals surface area contributed by atoms with E-state index in [1.807, 2.05) is 36.0 Å². The first kappa shape index (κ1) is 23.2. The van der Waals surface area contributed by atoms with Gasteiger partial charge in [0.25, 0.3) is 0 Å². The summed E-state index contributed by atoms with van der Waals surface area (Å²) in [7, 11) is 1.64. The minimum atomic E-state index is -0.558. The normalized spacial score (nSPS) is 17.9. The molecule has 2 aliphatic rings. The van der Waals surface area contributed by atoms with E-state index in [0.717, 1.165) is 60.4 Å². The Kier molecular flexibility index (Phi) is 7.06. The van der Waals surface area contributed by atoms with Crippen molar-refractivity contribution in [2.24, 2.45) is 0 Å². The van der Waals surface area contributed by atoms with Crippen molar-refractivity contribution in [2.45, 2.75) is 36.4 Å². The standard InChI is InChI=1S/C27H32N4O2S/c1-18-17-34-27-7-6-19(12-25(27)30-18)14-28-20-8-10-31(11-9-20)16-26(32)22-4-3-5-24-23(22)13-21(33-2)15-29-24/h3-7,12-13,15,20,26,28,30,32H,1,8-11,14,16-17H2,2H3. The molecule has 3 heterocycles. The molecular formula is C27H32N4O2S. The molecule has 7 heteroatoms. The average molecular weight is 477 g/mol. The summed E-state index contributed by atoms with van der Waals surface area (Å²) in [6, 6.07) is 15.0. The number of anilines is 1. The van der Waals surface area contributed by atoms with Gasteiger partial charge in [0, 0.05) is 40.9 Å². The van der Waals surface area contributed by atoms with E-state index in [0.29, 0.717) is 18.3 Å². The predicted octanol–water partition coefficient (Wildman–Crippen LogP) is 4.56.